The number of halogens is 1. The van der Waals surface area contributed by atoms with Gasteiger partial charge in [-0.3, -0.25) is 9.69 Å². The zero-order valence-corrected chi connectivity index (χ0v) is 17.0. The Morgan fingerprint density at radius 3 is 2.15 bits per heavy atom. The minimum atomic E-state index is 0.362. The molecule has 1 heterocycles. The summed E-state index contributed by atoms with van der Waals surface area (Å²) in [5.74, 6) is 3.21. The van der Waals surface area contributed by atoms with E-state index in [4.69, 9.17) is 11.6 Å². The number of hydrogen-bond acceptors (Lipinski definition) is 2. The second-order valence-corrected chi connectivity index (χ2v) is 10.2. The van der Waals surface area contributed by atoms with Crippen LogP contribution in [0, 0.1) is 23.2 Å². The molecular weight excluding hydrogens is 356 g/mol. The van der Waals surface area contributed by atoms with Crippen molar-refractivity contribution in [2.75, 3.05) is 26.2 Å². The summed E-state index contributed by atoms with van der Waals surface area (Å²) in [6.45, 7) is 4.54. The van der Waals surface area contributed by atoms with Crippen LogP contribution < -0.4 is 0 Å². The van der Waals surface area contributed by atoms with Crippen molar-refractivity contribution in [2.45, 2.75) is 51.5 Å². The van der Waals surface area contributed by atoms with E-state index in [0.717, 1.165) is 61.9 Å². The van der Waals surface area contributed by atoms with Crippen molar-refractivity contribution in [1.29, 1.82) is 0 Å². The quantitative estimate of drug-likeness (QED) is 0.755. The number of carbonyl (C=O) groups is 1. The highest BCUT2D eigenvalue weighted by atomic mass is 35.5. The van der Waals surface area contributed by atoms with Crippen LogP contribution in [0.3, 0.4) is 0 Å². The first-order valence-corrected chi connectivity index (χ1v) is 11.2. The molecule has 4 bridgehead atoms. The van der Waals surface area contributed by atoms with Gasteiger partial charge in [0.15, 0.2) is 0 Å². The molecule has 27 heavy (non-hydrogen) atoms. The molecule has 1 aromatic carbocycles. The Morgan fingerprint density at radius 2 is 1.56 bits per heavy atom. The van der Waals surface area contributed by atoms with E-state index in [1.165, 1.54) is 44.1 Å². The van der Waals surface area contributed by atoms with Gasteiger partial charge in [0, 0.05) is 44.2 Å². The molecule has 0 aromatic heterocycles. The molecule has 4 saturated carbocycles. The molecule has 1 saturated heterocycles. The highest BCUT2D eigenvalue weighted by Gasteiger charge is 2.51. The zero-order valence-electron chi connectivity index (χ0n) is 16.2. The van der Waals surface area contributed by atoms with Crippen LogP contribution in [0.4, 0.5) is 0 Å². The second-order valence-electron chi connectivity index (χ2n) is 9.84. The zero-order chi connectivity index (χ0) is 18.4. The predicted octanol–water partition coefficient (Wildman–Crippen LogP) is 4.59. The summed E-state index contributed by atoms with van der Waals surface area (Å²) in [5, 5.41) is 0.845. The van der Waals surface area contributed by atoms with Crippen LogP contribution in [-0.2, 0) is 11.3 Å². The first-order chi connectivity index (χ1) is 13.1. The highest BCUT2D eigenvalue weighted by Crippen LogP contribution is 2.61. The molecule has 5 fully saturated rings. The third kappa shape index (κ3) is 3.65. The van der Waals surface area contributed by atoms with Crippen LogP contribution in [0.2, 0.25) is 5.02 Å². The molecule has 146 valence electrons. The van der Waals surface area contributed by atoms with Crippen LogP contribution in [0.1, 0.15) is 50.5 Å². The van der Waals surface area contributed by atoms with Crippen LogP contribution in [0.15, 0.2) is 24.3 Å². The van der Waals surface area contributed by atoms with Crippen molar-refractivity contribution in [2.24, 2.45) is 23.2 Å². The summed E-state index contributed by atoms with van der Waals surface area (Å²) in [6, 6.07) is 8.09. The molecule has 1 aromatic rings. The Hall–Kier alpha value is -1.06. The minimum Gasteiger partial charge on any atom is -0.340 e. The lowest BCUT2D eigenvalue weighted by Gasteiger charge is -2.57. The van der Waals surface area contributed by atoms with Gasteiger partial charge in [-0.25, -0.2) is 0 Å². The monoisotopic (exact) mass is 386 g/mol. The Bertz CT molecular complexity index is 675. The fourth-order valence-corrected chi connectivity index (χ4v) is 7.16. The molecule has 0 radical (unpaired) electrons. The maximum absolute atomic E-state index is 13.1. The third-order valence-corrected chi connectivity index (χ3v) is 8.14. The first-order valence-electron chi connectivity index (χ1n) is 10.8. The average Bonchev–Trinajstić information content (AvgIpc) is 2.63. The van der Waals surface area contributed by atoms with Crippen molar-refractivity contribution in [3.05, 3.63) is 34.9 Å². The molecule has 1 amide bonds. The number of hydrogen-bond donors (Lipinski definition) is 0. The molecule has 3 nitrogen and oxygen atoms in total. The molecule has 0 atom stereocenters. The van der Waals surface area contributed by atoms with Gasteiger partial charge in [0.1, 0.15) is 0 Å². The largest absolute Gasteiger partial charge is 0.340 e. The fourth-order valence-electron chi connectivity index (χ4n) is 6.96. The summed E-state index contributed by atoms with van der Waals surface area (Å²) in [4.78, 5) is 17.7. The molecule has 6 rings (SSSR count). The number of carbonyl (C=O) groups excluding carboxylic acids is 1. The number of rotatable bonds is 4. The third-order valence-electron chi connectivity index (χ3n) is 7.77. The van der Waals surface area contributed by atoms with Gasteiger partial charge in [0.2, 0.25) is 5.91 Å². The second kappa shape index (κ2) is 7.08. The van der Waals surface area contributed by atoms with Gasteiger partial charge in [-0.1, -0.05) is 29.8 Å². The Balaban J connectivity index is 1.16. The minimum absolute atomic E-state index is 0.362. The lowest BCUT2D eigenvalue weighted by molar-refractivity contribution is -0.141. The normalized spacial score (nSPS) is 35.6. The maximum atomic E-state index is 13.1. The van der Waals surface area contributed by atoms with E-state index in [2.05, 4.69) is 15.9 Å². The molecule has 4 heteroatoms. The SMILES string of the molecule is O=C(CC12CC3CC(CC(C3)C1)C2)N1CCN(Cc2ccccc2Cl)CC1. The van der Waals surface area contributed by atoms with Crippen molar-refractivity contribution in [3.63, 3.8) is 0 Å². The van der Waals surface area contributed by atoms with E-state index in [1.807, 2.05) is 18.2 Å². The van der Waals surface area contributed by atoms with Gasteiger partial charge in [-0.05, 0) is 73.3 Å². The average molecular weight is 387 g/mol. The van der Waals surface area contributed by atoms with Gasteiger partial charge in [0.25, 0.3) is 0 Å². The summed E-state index contributed by atoms with van der Waals surface area (Å²) in [5.41, 5.74) is 1.55. The van der Waals surface area contributed by atoms with E-state index in [1.54, 1.807) is 0 Å². The summed E-state index contributed by atoms with van der Waals surface area (Å²) in [7, 11) is 0. The van der Waals surface area contributed by atoms with E-state index in [9.17, 15) is 4.79 Å². The number of nitrogens with zero attached hydrogens (tertiary/aromatic N) is 2. The lowest BCUT2D eigenvalue weighted by atomic mass is 9.49. The van der Waals surface area contributed by atoms with Gasteiger partial charge >= 0.3 is 0 Å². The van der Waals surface area contributed by atoms with Gasteiger partial charge in [-0.15, -0.1) is 0 Å². The molecule has 5 aliphatic rings. The van der Waals surface area contributed by atoms with E-state index in [0.29, 0.717) is 11.3 Å². The molecule has 1 aliphatic heterocycles. The maximum Gasteiger partial charge on any atom is 0.223 e. The molecule has 0 N–H and O–H groups in total. The summed E-state index contributed by atoms with van der Waals surface area (Å²) >= 11 is 6.30. The number of piperazine rings is 1. The summed E-state index contributed by atoms with van der Waals surface area (Å²) < 4.78 is 0. The van der Waals surface area contributed by atoms with Gasteiger partial charge in [0.05, 0.1) is 0 Å². The smallest absolute Gasteiger partial charge is 0.223 e. The Morgan fingerprint density at radius 1 is 0.963 bits per heavy atom. The molecule has 0 spiro atoms. The Labute approximate surface area is 168 Å². The Kier molecular flexibility index (Phi) is 4.72. The van der Waals surface area contributed by atoms with E-state index >= 15 is 0 Å². The standard InChI is InChI=1S/C23H31ClN2O/c24-21-4-2-1-3-20(21)16-25-5-7-26(8-6-25)22(27)15-23-12-17-9-18(13-23)11-19(10-17)14-23/h1-4,17-19H,5-16H2. The number of benzene rings is 1. The van der Waals surface area contributed by atoms with E-state index < -0.39 is 0 Å². The fraction of sp³-hybridized carbons (Fsp3) is 0.696. The van der Waals surface area contributed by atoms with Crippen LogP contribution in [0.25, 0.3) is 0 Å². The van der Waals surface area contributed by atoms with Crippen molar-refractivity contribution < 1.29 is 4.79 Å². The molecule has 0 unspecified atom stereocenters. The lowest BCUT2D eigenvalue weighted by Crippen LogP contribution is -2.52. The molecular formula is C23H31ClN2O. The van der Waals surface area contributed by atoms with Crippen LogP contribution in [-0.4, -0.2) is 41.9 Å². The number of amides is 1. The summed E-state index contributed by atoms with van der Waals surface area (Å²) in [6.07, 6.45) is 9.17. The van der Waals surface area contributed by atoms with Crippen molar-refractivity contribution >= 4 is 17.5 Å². The van der Waals surface area contributed by atoms with Crippen molar-refractivity contribution in [3.8, 4) is 0 Å². The van der Waals surface area contributed by atoms with Gasteiger partial charge < -0.3 is 4.90 Å². The first kappa shape index (κ1) is 18.0. The van der Waals surface area contributed by atoms with Gasteiger partial charge in [-0.2, -0.15) is 0 Å². The predicted molar refractivity (Wildman–Crippen MR) is 109 cm³/mol. The molecule has 4 aliphatic carbocycles. The highest BCUT2D eigenvalue weighted by molar-refractivity contribution is 6.31. The van der Waals surface area contributed by atoms with Crippen molar-refractivity contribution in [1.82, 2.24) is 9.80 Å². The topological polar surface area (TPSA) is 23.6 Å². The van der Waals surface area contributed by atoms with Crippen LogP contribution >= 0.6 is 11.6 Å². The van der Waals surface area contributed by atoms with Crippen LogP contribution in [0.5, 0.6) is 0 Å². The van der Waals surface area contributed by atoms with E-state index in [-0.39, 0.29) is 0 Å².